The van der Waals surface area contributed by atoms with Gasteiger partial charge in [-0.05, 0) is 0 Å². The van der Waals surface area contributed by atoms with Crippen LogP contribution < -0.4 is 5.32 Å². The van der Waals surface area contributed by atoms with Gasteiger partial charge in [0.15, 0.2) is 0 Å². The van der Waals surface area contributed by atoms with Crippen LogP contribution in [0.5, 0.6) is 0 Å². The molecule has 1 aliphatic rings. The van der Waals surface area contributed by atoms with Crippen molar-refractivity contribution < 1.29 is 4.70 Å². The molecule has 1 saturated heterocycles. The van der Waals surface area contributed by atoms with Gasteiger partial charge in [-0.15, -0.1) is 0 Å². The van der Waals surface area contributed by atoms with Gasteiger partial charge in [-0.25, -0.2) is 0 Å². The molecule has 1 heterocycles. The summed E-state index contributed by atoms with van der Waals surface area (Å²) in [5.74, 6) is 0. The molecular weight excluding hydrogens is 127 g/mol. The van der Waals surface area contributed by atoms with Crippen LogP contribution in [0.15, 0.2) is 0 Å². The Labute approximate surface area is 62.0 Å². The number of hydrogen-bond acceptors (Lipinski definition) is 3. The van der Waals surface area contributed by atoms with E-state index in [4.69, 9.17) is 0 Å². The first-order chi connectivity index (χ1) is 4.84. The summed E-state index contributed by atoms with van der Waals surface area (Å²) >= 11 is 0. The average Bonchev–Trinajstić information content (AvgIpc) is 1.94. The molecule has 1 N–H and O–H groups in total. The van der Waals surface area contributed by atoms with E-state index in [9.17, 15) is 4.70 Å². The quantitative estimate of drug-likeness (QED) is 0.514. The zero-order chi connectivity index (χ0) is 7.40. The zero-order valence-electron chi connectivity index (χ0n) is 6.34. The molecule has 3 nitrogen and oxygen atoms in total. The molecule has 0 amide bonds. The standard InChI is InChI=1S/C6H13BN2O/c1-6-4-8-2-3-9(6)5-7-10/h6,8H,2-5H2,1H3. The Bertz CT molecular complexity index is 120. The molecular formula is C6H13BN2O. The second kappa shape index (κ2) is 3.83. The number of hydrogen-bond donors (Lipinski definition) is 1. The molecule has 1 atom stereocenters. The Morgan fingerprint density at radius 3 is 3.20 bits per heavy atom. The fourth-order valence-corrected chi connectivity index (χ4v) is 1.25. The van der Waals surface area contributed by atoms with Crippen molar-refractivity contribution in [3.63, 3.8) is 0 Å². The average molecular weight is 140 g/mol. The minimum absolute atomic E-state index is 0.513. The number of piperazine rings is 1. The number of rotatable bonds is 2. The summed E-state index contributed by atoms with van der Waals surface area (Å²) < 4.78 is 10.2. The van der Waals surface area contributed by atoms with Crippen molar-refractivity contribution in [3.8, 4) is 0 Å². The van der Waals surface area contributed by atoms with Gasteiger partial charge in [0.05, 0.1) is 0 Å². The Hall–Kier alpha value is -0.215. The first-order valence-corrected chi connectivity index (χ1v) is 3.73. The second-order valence-electron chi connectivity index (χ2n) is 2.71. The summed E-state index contributed by atoms with van der Waals surface area (Å²) in [4.78, 5) is 2.18. The van der Waals surface area contributed by atoms with Crippen LogP contribution in [0.25, 0.3) is 0 Å². The fraction of sp³-hybridized carbons (Fsp3) is 1.00. The van der Waals surface area contributed by atoms with Crippen LogP contribution in [-0.2, 0) is 4.70 Å². The van der Waals surface area contributed by atoms with Gasteiger partial charge >= 0.3 is 61.1 Å². The topological polar surface area (TPSA) is 32.3 Å². The first kappa shape index (κ1) is 7.89. The molecule has 0 saturated carbocycles. The Morgan fingerprint density at radius 2 is 2.60 bits per heavy atom. The predicted molar refractivity (Wildman–Crippen MR) is 40.3 cm³/mol. The molecule has 0 aromatic carbocycles. The number of nitrogens with one attached hydrogen (secondary N) is 1. The van der Waals surface area contributed by atoms with Crippen molar-refractivity contribution in [1.82, 2.24) is 10.2 Å². The van der Waals surface area contributed by atoms with Gasteiger partial charge in [0.2, 0.25) is 0 Å². The van der Waals surface area contributed by atoms with E-state index in [-0.39, 0.29) is 0 Å². The van der Waals surface area contributed by atoms with E-state index in [0.717, 1.165) is 26.8 Å². The van der Waals surface area contributed by atoms with Crippen molar-refractivity contribution in [2.75, 3.05) is 26.1 Å². The van der Waals surface area contributed by atoms with Crippen molar-refractivity contribution in [1.29, 1.82) is 0 Å². The van der Waals surface area contributed by atoms with Crippen LogP contribution in [0.2, 0.25) is 0 Å². The summed E-state index contributed by atoms with van der Waals surface area (Å²) in [5.41, 5.74) is 0. The van der Waals surface area contributed by atoms with Crippen LogP contribution in [-0.4, -0.2) is 44.2 Å². The van der Waals surface area contributed by atoms with Crippen molar-refractivity contribution in [2.24, 2.45) is 0 Å². The van der Waals surface area contributed by atoms with E-state index in [1.807, 2.05) is 0 Å². The summed E-state index contributed by atoms with van der Waals surface area (Å²) in [5, 5.41) is 3.27. The molecule has 1 fully saturated rings. The third kappa shape index (κ3) is 1.89. The molecule has 0 aromatic rings. The zero-order valence-corrected chi connectivity index (χ0v) is 6.34. The molecule has 0 aliphatic carbocycles. The van der Waals surface area contributed by atoms with Gasteiger partial charge in [-0.2, -0.15) is 0 Å². The molecule has 0 spiro atoms. The van der Waals surface area contributed by atoms with E-state index in [1.54, 1.807) is 0 Å². The first-order valence-electron chi connectivity index (χ1n) is 3.73. The molecule has 10 heavy (non-hydrogen) atoms. The fourth-order valence-electron chi connectivity index (χ4n) is 1.25. The van der Waals surface area contributed by atoms with Crippen molar-refractivity contribution in [3.05, 3.63) is 0 Å². The monoisotopic (exact) mass is 140 g/mol. The minimum atomic E-state index is 0.513. The normalized spacial score (nSPS) is 27.9. The Balaban J connectivity index is 2.32. The summed E-state index contributed by atoms with van der Waals surface area (Å²) in [6.07, 6.45) is 0.586. The van der Waals surface area contributed by atoms with Gasteiger partial charge < -0.3 is 0 Å². The van der Waals surface area contributed by atoms with Crippen molar-refractivity contribution >= 4 is 7.15 Å². The molecule has 1 rings (SSSR count). The molecule has 1 unspecified atom stereocenters. The molecule has 1 aliphatic heterocycles. The van der Waals surface area contributed by atoms with Gasteiger partial charge in [0, 0.05) is 0 Å². The van der Waals surface area contributed by atoms with E-state index in [0.29, 0.717) is 12.5 Å². The van der Waals surface area contributed by atoms with Gasteiger partial charge in [-0.1, -0.05) is 0 Å². The Kier molecular flexibility index (Phi) is 3.02. The summed E-state index contributed by atoms with van der Waals surface area (Å²) in [6, 6.07) is 0.513. The molecule has 56 valence electrons. The molecule has 4 heteroatoms. The third-order valence-corrected chi connectivity index (χ3v) is 1.95. The summed E-state index contributed by atoms with van der Waals surface area (Å²) in [6.45, 7) is 5.15. The van der Waals surface area contributed by atoms with Crippen molar-refractivity contribution in [2.45, 2.75) is 13.0 Å². The maximum atomic E-state index is 10.2. The Morgan fingerprint density at radius 1 is 1.80 bits per heavy atom. The van der Waals surface area contributed by atoms with Gasteiger partial charge in [0.25, 0.3) is 0 Å². The summed E-state index contributed by atoms with van der Waals surface area (Å²) in [7, 11) is 0.974. The van der Waals surface area contributed by atoms with Crippen LogP contribution in [0.1, 0.15) is 6.92 Å². The number of nitrogens with zero attached hydrogens (tertiary/aromatic N) is 1. The predicted octanol–water partition coefficient (Wildman–Crippen LogP) is -0.713. The SMILES string of the molecule is CC1CNCCN1CB=O. The van der Waals surface area contributed by atoms with E-state index >= 15 is 0 Å². The van der Waals surface area contributed by atoms with E-state index in [2.05, 4.69) is 17.1 Å². The maximum absolute atomic E-state index is 10.2. The van der Waals surface area contributed by atoms with Gasteiger partial charge in [-0.3, -0.25) is 0 Å². The van der Waals surface area contributed by atoms with E-state index in [1.165, 1.54) is 0 Å². The van der Waals surface area contributed by atoms with Gasteiger partial charge in [0.1, 0.15) is 0 Å². The van der Waals surface area contributed by atoms with Crippen LogP contribution in [0.3, 0.4) is 0 Å². The molecule has 0 radical (unpaired) electrons. The molecule has 0 bridgehead atoms. The third-order valence-electron chi connectivity index (χ3n) is 1.95. The van der Waals surface area contributed by atoms with E-state index < -0.39 is 0 Å². The molecule has 0 aromatic heterocycles. The van der Waals surface area contributed by atoms with Crippen LogP contribution in [0, 0.1) is 0 Å². The van der Waals surface area contributed by atoms with Crippen LogP contribution in [0.4, 0.5) is 0 Å². The van der Waals surface area contributed by atoms with Crippen LogP contribution >= 0.6 is 0 Å². The second-order valence-corrected chi connectivity index (χ2v) is 2.71.